The molecule has 37 heavy (non-hydrogen) atoms. The van der Waals surface area contributed by atoms with Gasteiger partial charge in [-0.25, -0.2) is 4.98 Å². The standard InChI is InChI=1S/C28H47N3O5S/c1-16(2)10-17(14-32)29-22(35)11-18-24-19(37-25(31-24)30-23(36)13-26(3,4)5)12-20-27(18,6)9-8-21(34)28(20,7)15-33/h16-18,20-21,32-34H,8-15H2,1-7H3,(H,29,35)(H,30,31,36)/t17?,18?,20?,21?,27-,28-/m0/s1. The Hall–Kier alpha value is -1.55. The van der Waals surface area contributed by atoms with Crippen LogP contribution in [0.25, 0.3) is 0 Å². The van der Waals surface area contributed by atoms with E-state index >= 15 is 0 Å². The molecule has 1 aromatic rings. The van der Waals surface area contributed by atoms with Crippen molar-refractivity contribution < 1.29 is 24.9 Å². The van der Waals surface area contributed by atoms with Crippen LogP contribution in [0.1, 0.15) is 97.1 Å². The highest BCUT2D eigenvalue weighted by Gasteiger charge is 2.59. The summed E-state index contributed by atoms with van der Waals surface area (Å²) in [5, 5.41) is 37.7. The molecule has 4 unspecified atom stereocenters. The average Bonchev–Trinajstić information content (AvgIpc) is 3.17. The number of rotatable bonds is 9. The van der Waals surface area contributed by atoms with Crippen molar-refractivity contribution in [1.82, 2.24) is 10.3 Å². The number of hydrogen-bond acceptors (Lipinski definition) is 7. The normalized spacial score (nSPS) is 30.4. The fourth-order valence-electron chi connectivity index (χ4n) is 6.56. The molecule has 5 N–H and O–H groups in total. The Morgan fingerprint density at radius 2 is 1.86 bits per heavy atom. The van der Waals surface area contributed by atoms with Crippen LogP contribution in [-0.2, 0) is 16.0 Å². The van der Waals surface area contributed by atoms with Gasteiger partial charge in [0, 0.05) is 29.1 Å². The van der Waals surface area contributed by atoms with Crippen LogP contribution in [0, 0.1) is 28.1 Å². The van der Waals surface area contributed by atoms with E-state index < -0.39 is 11.5 Å². The zero-order valence-corrected chi connectivity index (χ0v) is 24.4. The van der Waals surface area contributed by atoms with Crippen LogP contribution in [0.15, 0.2) is 0 Å². The molecular formula is C28H47N3O5S. The van der Waals surface area contributed by atoms with Gasteiger partial charge in [-0.2, -0.15) is 0 Å². The summed E-state index contributed by atoms with van der Waals surface area (Å²) in [6.07, 6.45) is 2.52. The van der Waals surface area contributed by atoms with Crippen molar-refractivity contribution in [2.24, 2.45) is 28.1 Å². The van der Waals surface area contributed by atoms with Gasteiger partial charge >= 0.3 is 0 Å². The largest absolute Gasteiger partial charge is 0.396 e. The third-order valence-corrected chi connectivity index (χ3v) is 9.57. The van der Waals surface area contributed by atoms with Gasteiger partial charge in [0.2, 0.25) is 11.8 Å². The van der Waals surface area contributed by atoms with Gasteiger partial charge in [-0.15, -0.1) is 11.3 Å². The Labute approximate surface area is 225 Å². The van der Waals surface area contributed by atoms with Crippen LogP contribution in [0.2, 0.25) is 0 Å². The molecule has 0 bridgehead atoms. The zero-order valence-electron chi connectivity index (χ0n) is 23.6. The first-order chi connectivity index (χ1) is 17.1. The minimum Gasteiger partial charge on any atom is -0.396 e. The first-order valence-corrected chi connectivity index (χ1v) is 14.4. The highest BCUT2D eigenvalue weighted by atomic mass is 32.1. The lowest BCUT2D eigenvalue weighted by molar-refractivity contribution is -0.144. The molecule has 8 nitrogen and oxygen atoms in total. The van der Waals surface area contributed by atoms with Crippen LogP contribution >= 0.6 is 11.3 Å². The maximum Gasteiger partial charge on any atom is 0.226 e. The van der Waals surface area contributed by atoms with Gasteiger partial charge in [-0.05, 0) is 48.3 Å². The summed E-state index contributed by atoms with van der Waals surface area (Å²) in [5.74, 6) is -0.180. The van der Waals surface area contributed by atoms with E-state index in [0.29, 0.717) is 43.2 Å². The van der Waals surface area contributed by atoms with E-state index in [-0.39, 0.29) is 60.2 Å². The number of carbonyl (C=O) groups excluding carboxylic acids is 2. The molecule has 3 rings (SSSR count). The van der Waals surface area contributed by atoms with E-state index in [1.807, 2.05) is 27.7 Å². The van der Waals surface area contributed by atoms with Gasteiger partial charge in [0.05, 0.1) is 31.1 Å². The molecule has 2 aliphatic carbocycles. The Morgan fingerprint density at radius 1 is 1.19 bits per heavy atom. The summed E-state index contributed by atoms with van der Waals surface area (Å²) in [7, 11) is 0. The second-order valence-corrected chi connectivity index (χ2v) is 14.5. The monoisotopic (exact) mass is 537 g/mol. The molecule has 210 valence electrons. The molecule has 1 aromatic heterocycles. The predicted molar refractivity (Wildman–Crippen MR) is 146 cm³/mol. The van der Waals surface area contributed by atoms with Crippen LogP contribution in [0.5, 0.6) is 0 Å². The number of carbonyl (C=O) groups is 2. The summed E-state index contributed by atoms with van der Waals surface area (Å²) >= 11 is 1.44. The minimum atomic E-state index is -0.704. The Morgan fingerprint density at radius 3 is 2.43 bits per heavy atom. The summed E-state index contributed by atoms with van der Waals surface area (Å²) in [4.78, 5) is 31.8. The molecule has 0 saturated heterocycles. The summed E-state index contributed by atoms with van der Waals surface area (Å²) < 4.78 is 0. The second-order valence-electron chi connectivity index (χ2n) is 13.4. The van der Waals surface area contributed by atoms with Gasteiger partial charge in [0.15, 0.2) is 5.13 Å². The quantitative estimate of drug-likeness (QED) is 0.325. The average molecular weight is 538 g/mol. The topological polar surface area (TPSA) is 132 Å². The van der Waals surface area contributed by atoms with Gasteiger partial charge in [0.25, 0.3) is 0 Å². The number of aliphatic hydroxyl groups excluding tert-OH is 3. The maximum atomic E-state index is 13.3. The molecule has 2 aliphatic rings. The van der Waals surface area contributed by atoms with Crippen LogP contribution < -0.4 is 10.6 Å². The molecule has 1 fully saturated rings. The van der Waals surface area contributed by atoms with Crippen LogP contribution in [-0.4, -0.2) is 57.5 Å². The summed E-state index contributed by atoms with van der Waals surface area (Å²) in [5.41, 5.74) is -0.382. The number of amides is 2. The molecule has 0 spiro atoms. The van der Waals surface area contributed by atoms with Crippen molar-refractivity contribution in [1.29, 1.82) is 0 Å². The van der Waals surface area contributed by atoms with E-state index in [0.717, 1.165) is 10.6 Å². The minimum absolute atomic E-state index is 0.0538. The van der Waals surface area contributed by atoms with Crippen molar-refractivity contribution in [2.45, 2.75) is 105 Å². The second kappa shape index (κ2) is 11.3. The number of nitrogens with one attached hydrogen (secondary N) is 2. The fourth-order valence-corrected chi connectivity index (χ4v) is 7.65. The van der Waals surface area contributed by atoms with Crippen molar-refractivity contribution >= 4 is 28.3 Å². The third kappa shape index (κ3) is 6.54. The van der Waals surface area contributed by atoms with E-state index in [4.69, 9.17) is 4.98 Å². The molecule has 1 saturated carbocycles. The Balaban J connectivity index is 1.96. The molecule has 6 atom stereocenters. The van der Waals surface area contributed by atoms with E-state index in [1.54, 1.807) is 0 Å². The number of thiazole rings is 1. The number of fused-ring (bicyclic) bond motifs is 2. The zero-order chi connectivity index (χ0) is 27.8. The third-order valence-electron chi connectivity index (χ3n) is 8.56. The summed E-state index contributed by atoms with van der Waals surface area (Å²) in [6, 6.07) is -0.308. The van der Waals surface area contributed by atoms with Crippen LogP contribution in [0.3, 0.4) is 0 Å². The highest BCUT2D eigenvalue weighted by Crippen LogP contribution is 2.62. The Kier molecular flexibility index (Phi) is 9.15. The molecule has 0 aliphatic heterocycles. The van der Waals surface area contributed by atoms with E-state index in [9.17, 15) is 24.9 Å². The Bertz CT molecular complexity index is 974. The van der Waals surface area contributed by atoms with Crippen molar-refractivity contribution in [2.75, 3.05) is 18.5 Å². The lowest BCUT2D eigenvalue weighted by atomic mass is 9.47. The number of aliphatic hydroxyl groups is 3. The van der Waals surface area contributed by atoms with E-state index in [2.05, 4.69) is 31.4 Å². The van der Waals surface area contributed by atoms with Gasteiger partial charge < -0.3 is 26.0 Å². The van der Waals surface area contributed by atoms with Crippen molar-refractivity contribution in [3.63, 3.8) is 0 Å². The maximum absolute atomic E-state index is 13.3. The van der Waals surface area contributed by atoms with Crippen molar-refractivity contribution in [3.8, 4) is 0 Å². The number of anilines is 1. The first-order valence-electron chi connectivity index (χ1n) is 13.6. The number of hydrogen-bond donors (Lipinski definition) is 5. The first kappa shape index (κ1) is 30.0. The number of aromatic nitrogens is 1. The smallest absolute Gasteiger partial charge is 0.226 e. The lowest BCUT2D eigenvalue weighted by Gasteiger charge is -2.58. The summed E-state index contributed by atoms with van der Waals surface area (Å²) in [6.45, 7) is 14.0. The van der Waals surface area contributed by atoms with Gasteiger partial charge in [-0.3, -0.25) is 9.59 Å². The highest BCUT2D eigenvalue weighted by molar-refractivity contribution is 7.15. The predicted octanol–water partition coefficient (Wildman–Crippen LogP) is 3.85. The van der Waals surface area contributed by atoms with E-state index in [1.165, 1.54) is 11.3 Å². The lowest BCUT2D eigenvalue weighted by Crippen LogP contribution is -2.58. The molecule has 9 heteroatoms. The van der Waals surface area contributed by atoms with Gasteiger partial charge in [-0.1, -0.05) is 48.5 Å². The molecule has 0 aromatic carbocycles. The fraction of sp³-hybridized carbons (Fsp3) is 0.821. The molecule has 1 heterocycles. The van der Waals surface area contributed by atoms with Crippen LogP contribution in [0.4, 0.5) is 5.13 Å². The van der Waals surface area contributed by atoms with Crippen molar-refractivity contribution in [3.05, 3.63) is 10.6 Å². The molecular weight excluding hydrogens is 490 g/mol. The number of nitrogens with zero attached hydrogens (tertiary/aromatic N) is 1. The molecule has 2 amide bonds. The molecule has 0 radical (unpaired) electrons. The SMILES string of the molecule is CC(C)CC(CO)NC(=O)CC1c2nc(NC(=O)CC(C)(C)C)sc2CC2[C@@]1(C)CCC(O)[C@@]2(C)CO. The van der Waals surface area contributed by atoms with Gasteiger partial charge in [0.1, 0.15) is 0 Å².